The van der Waals surface area contributed by atoms with E-state index in [0.717, 1.165) is 28.6 Å². The van der Waals surface area contributed by atoms with Gasteiger partial charge in [-0.2, -0.15) is 0 Å². The normalized spacial score (nSPS) is 17.2. The van der Waals surface area contributed by atoms with E-state index in [2.05, 4.69) is 20.6 Å². The van der Waals surface area contributed by atoms with Crippen molar-refractivity contribution in [2.75, 3.05) is 45.6 Å². The van der Waals surface area contributed by atoms with Crippen LogP contribution < -0.4 is 16.4 Å². The zero-order chi connectivity index (χ0) is 35.4. The van der Waals surface area contributed by atoms with Gasteiger partial charge in [0.1, 0.15) is 12.1 Å². The topological polar surface area (TPSA) is 196 Å². The maximum atomic E-state index is 12.7. The molecule has 15 nitrogen and oxygen atoms in total. The Balaban J connectivity index is 0.000000281. The van der Waals surface area contributed by atoms with Gasteiger partial charge >= 0.3 is 5.97 Å². The van der Waals surface area contributed by atoms with Crippen LogP contribution >= 0.6 is 22.9 Å². The number of benzene rings is 2. The Bertz CT molecular complexity index is 1910. The third-order valence-electron chi connectivity index (χ3n) is 8.44. The summed E-state index contributed by atoms with van der Waals surface area (Å²) in [5, 5.41) is 16.4. The highest BCUT2D eigenvalue weighted by Gasteiger charge is 2.35. The monoisotopic (exact) mass is 711 g/mol. The number of fused-ring (bicyclic) bond motifs is 2. The molecule has 5 N–H and O–H groups in total. The van der Waals surface area contributed by atoms with Crippen molar-refractivity contribution >= 4 is 84.9 Å². The van der Waals surface area contributed by atoms with Crippen LogP contribution in [0, 0.1) is 0 Å². The Morgan fingerprint density at radius 2 is 1.67 bits per heavy atom. The van der Waals surface area contributed by atoms with Crippen molar-refractivity contribution < 1.29 is 29.1 Å². The maximum absolute atomic E-state index is 12.7. The highest BCUT2D eigenvalue weighted by molar-refractivity contribution is 7.22. The quantitative estimate of drug-likeness (QED) is 0.211. The predicted molar refractivity (Wildman–Crippen MR) is 186 cm³/mol. The van der Waals surface area contributed by atoms with Crippen LogP contribution in [-0.2, 0) is 26.2 Å². The third kappa shape index (κ3) is 7.92. The number of thiazole rings is 1. The average Bonchev–Trinajstić information content (AvgIpc) is 3.89. The van der Waals surface area contributed by atoms with E-state index in [1.165, 1.54) is 21.1 Å². The second-order valence-electron chi connectivity index (χ2n) is 11.9. The van der Waals surface area contributed by atoms with Gasteiger partial charge in [-0.3, -0.25) is 19.2 Å². The molecule has 2 fully saturated rings. The van der Waals surface area contributed by atoms with E-state index in [1.807, 2.05) is 23.7 Å². The van der Waals surface area contributed by atoms with E-state index in [-0.39, 0.29) is 30.9 Å². The van der Waals surface area contributed by atoms with Gasteiger partial charge in [-0.15, -0.1) is 0 Å². The van der Waals surface area contributed by atoms with Gasteiger partial charge in [-0.05, 0) is 62.1 Å². The van der Waals surface area contributed by atoms with Crippen molar-refractivity contribution in [3.63, 3.8) is 0 Å². The summed E-state index contributed by atoms with van der Waals surface area (Å²) >= 11 is 7.52. The number of aliphatic carboxylic acids is 1. The first-order valence-corrected chi connectivity index (χ1v) is 16.9. The molecule has 2 saturated heterocycles. The highest BCUT2D eigenvalue weighted by atomic mass is 35.5. The molecule has 2 aliphatic heterocycles. The van der Waals surface area contributed by atoms with Crippen molar-refractivity contribution in [3.8, 4) is 0 Å². The van der Waals surface area contributed by atoms with Gasteiger partial charge in [0, 0.05) is 44.8 Å². The molecule has 0 unspecified atom stereocenters. The van der Waals surface area contributed by atoms with Gasteiger partial charge in [0.15, 0.2) is 5.13 Å². The first-order chi connectivity index (χ1) is 23.4. The van der Waals surface area contributed by atoms with Crippen molar-refractivity contribution in [1.29, 1.82) is 0 Å². The van der Waals surface area contributed by atoms with Crippen LogP contribution in [0.4, 0.5) is 11.1 Å². The van der Waals surface area contributed by atoms with Gasteiger partial charge in [-0.25, -0.2) is 14.8 Å². The molecular formula is C32H38ClN9O6S. The first-order valence-electron chi connectivity index (χ1n) is 15.7. The summed E-state index contributed by atoms with van der Waals surface area (Å²) in [4.78, 5) is 73.0. The van der Waals surface area contributed by atoms with Crippen molar-refractivity contribution in [2.24, 2.45) is 12.8 Å². The Labute approximate surface area is 291 Å². The lowest BCUT2D eigenvalue weighted by atomic mass is 10.2. The average molecular weight is 712 g/mol. The fourth-order valence-corrected chi connectivity index (χ4v) is 7.05. The number of carboxylic acid groups (broad SMARTS) is 1. The Hall–Kier alpha value is -4.80. The molecular weight excluding hydrogens is 674 g/mol. The molecule has 49 heavy (non-hydrogen) atoms. The zero-order valence-corrected chi connectivity index (χ0v) is 28.9. The lowest BCUT2D eigenvalue weighted by molar-refractivity contribution is -0.147. The molecule has 0 spiro atoms. The fourth-order valence-electron chi connectivity index (χ4n) is 5.92. The second-order valence-corrected chi connectivity index (χ2v) is 13.4. The molecule has 4 aromatic rings. The number of imidazole rings is 1. The summed E-state index contributed by atoms with van der Waals surface area (Å²) in [6.07, 6.45) is 2.69. The molecule has 2 atom stereocenters. The summed E-state index contributed by atoms with van der Waals surface area (Å²) in [5.41, 5.74) is 7.86. The Morgan fingerprint density at radius 3 is 2.35 bits per heavy atom. The number of likely N-dealkylation sites (tertiary alicyclic amines) is 2. The summed E-state index contributed by atoms with van der Waals surface area (Å²) in [7, 11) is 5.26. The van der Waals surface area contributed by atoms with E-state index >= 15 is 0 Å². The Kier molecular flexibility index (Phi) is 11.0. The van der Waals surface area contributed by atoms with Crippen LogP contribution in [0.2, 0.25) is 5.02 Å². The SMILES string of the molecule is CN(C)C(=O)[C@@H]1CCCN1C(=O)CN.Cn1c(Nc2nc3ccc(Cl)cc3s2)nc2cc(C(=O)NCC(=O)N3CCC[C@H]3C(=O)O)ccc21. The van der Waals surface area contributed by atoms with Gasteiger partial charge in [-0.1, -0.05) is 22.9 Å². The molecule has 4 amide bonds. The van der Waals surface area contributed by atoms with Gasteiger partial charge < -0.3 is 40.7 Å². The molecule has 17 heteroatoms. The van der Waals surface area contributed by atoms with Crippen molar-refractivity contribution in [1.82, 2.24) is 34.6 Å². The number of anilines is 2. The first kappa shape index (κ1) is 35.5. The van der Waals surface area contributed by atoms with E-state index < -0.39 is 23.8 Å². The number of likely N-dealkylation sites (N-methyl/N-ethyl adjacent to an activating group) is 1. The highest BCUT2D eigenvalue weighted by Crippen LogP contribution is 2.31. The smallest absolute Gasteiger partial charge is 0.326 e. The molecule has 2 aromatic carbocycles. The van der Waals surface area contributed by atoms with Crippen LogP contribution in [0.3, 0.4) is 0 Å². The number of aryl methyl sites for hydroxylation is 1. The lowest BCUT2D eigenvalue weighted by Gasteiger charge is -2.25. The summed E-state index contributed by atoms with van der Waals surface area (Å²) in [5.74, 6) is -1.46. The number of carbonyl (C=O) groups excluding carboxylic acids is 4. The van der Waals surface area contributed by atoms with Crippen LogP contribution in [-0.4, -0.2) is 116 Å². The second kappa shape index (κ2) is 15.2. The minimum atomic E-state index is -1.03. The number of amides is 4. The van der Waals surface area contributed by atoms with E-state index in [4.69, 9.17) is 17.3 Å². The molecule has 0 aliphatic carbocycles. The number of carbonyl (C=O) groups is 5. The van der Waals surface area contributed by atoms with Gasteiger partial charge in [0.25, 0.3) is 5.91 Å². The molecule has 0 radical (unpaired) electrons. The standard InChI is InChI=1S/C23H21ClN6O4S.C9H17N3O2/c1-29-16-7-4-12(20(32)25-11-19(31)30-8-2-3-17(30)21(33)34)9-15(16)26-22(29)28-23-27-14-6-5-13(24)10-18(14)35-23;1-11(2)9(14)7-4-3-5-12(7)8(13)6-10/h4-7,9-10,17H,2-3,8,11H2,1H3,(H,25,32)(H,33,34)(H,26,27,28);7H,3-6,10H2,1-2H3/t17-;7-/m00/s1. The minimum absolute atomic E-state index is 0.00991. The fraction of sp³-hybridized carbons (Fsp3) is 0.406. The minimum Gasteiger partial charge on any atom is -0.480 e. The van der Waals surface area contributed by atoms with Gasteiger partial charge in [0.05, 0.1) is 34.3 Å². The molecule has 2 aromatic heterocycles. The molecule has 0 saturated carbocycles. The van der Waals surface area contributed by atoms with Crippen molar-refractivity contribution in [3.05, 3.63) is 47.0 Å². The Morgan fingerprint density at radius 1 is 0.980 bits per heavy atom. The number of nitrogens with zero attached hydrogens (tertiary/aromatic N) is 6. The summed E-state index contributed by atoms with van der Waals surface area (Å²) in [6, 6.07) is 9.47. The number of nitrogens with two attached hydrogens (primary N) is 1. The van der Waals surface area contributed by atoms with Crippen LogP contribution in [0.1, 0.15) is 36.0 Å². The molecule has 260 valence electrons. The number of nitrogens with one attached hydrogen (secondary N) is 2. The lowest BCUT2D eigenvalue weighted by Crippen LogP contribution is -2.47. The molecule has 6 rings (SSSR count). The molecule has 0 bridgehead atoms. The van der Waals surface area contributed by atoms with E-state index in [9.17, 15) is 29.1 Å². The summed E-state index contributed by atoms with van der Waals surface area (Å²) < 4.78 is 2.81. The van der Waals surface area contributed by atoms with Gasteiger partial charge in [0.2, 0.25) is 23.7 Å². The number of hydrogen-bond acceptors (Lipinski definition) is 10. The largest absolute Gasteiger partial charge is 0.480 e. The predicted octanol–water partition coefficient (Wildman–Crippen LogP) is 2.41. The third-order valence-corrected chi connectivity index (χ3v) is 9.61. The molecule has 4 heterocycles. The number of carboxylic acids is 1. The zero-order valence-electron chi connectivity index (χ0n) is 27.3. The van der Waals surface area contributed by atoms with Crippen LogP contribution in [0.5, 0.6) is 0 Å². The molecule has 2 aliphatic rings. The summed E-state index contributed by atoms with van der Waals surface area (Å²) in [6.45, 7) is 0.748. The van der Waals surface area contributed by atoms with Crippen molar-refractivity contribution in [2.45, 2.75) is 37.8 Å². The van der Waals surface area contributed by atoms with Crippen LogP contribution in [0.15, 0.2) is 36.4 Å². The number of rotatable bonds is 8. The number of aromatic nitrogens is 3. The maximum Gasteiger partial charge on any atom is 0.326 e. The van der Waals surface area contributed by atoms with E-state index in [0.29, 0.717) is 53.1 Å². The van der Waals surface area contributed by atoms with E-state index in [1.54, 1.807) is 43.3 Å². The van der Waals surface area contributed by atoms with Crippen LogP contribution in [0.25, 0.3) is 21.3 Å². The number of hydrogen-bond donors (Lipinski definition) is 4. The number of halogens is 1.